The molecule has 0 aromatic carbocycles. The van der Waals surface area contributed by atoms with Crippen molar-refractivity contribution in [3.05, 3.63) is 59.7 Å². The molecule has 0 radical (unpaired) electrons. The topological polar surface area (TPSA) is 29.0 Å². The molecular weight excluding hydrogens is 246 g/mol. The van der Waals surface area contributed by atoms with Crippen LogP contribution < -0.4 is 0 Å². The number of aryl methyl sites for hydroxylation is 1. The summed E-state index contributed by atoms with van der Waals surface area (Å²) in [5.41, 5.74) is 3.91. The van der Waals surface area contributed by atoms with E-state index in [4.69, 9.17) is 0 Å². The molecule has 1 atom stereocenters. The average molecular weight is 267 g/mol. The summed E-state index contributed by atoms with van der Waals surface area (Å²) >= 11 is 0. The molecule has 1 aliphatic rings. The van der Waals surface area contributed by atoms with E-state index in [0.29, 0.717) is 5.92 Å². The summed E-state index contributed by atoms with van der Waals surface area (Å²) in [6.45, 7) is 5.44. The van der Waals surface area contributed by atoms with Crippen molar-refractivity contribution in [1.29, 1.82) is 0 Å². The van der Waals surface area contributed by atoms with E-state index < -0.39 is 0 Å². The van der Waals surface area contributed by atoms with Gasteiger partial charge in [0.25, 0.3) is 0 Å². The Balaban J connectivity index is 1.67. The van der Waals surface area contributed by atoms with Crippen molar-refractivity contribution in [3.63, 3.8) is 0 Å². The fourth-order valence-electron chi connectivity index (χ4n) is 3.04. The summed E-state index contributed by atoms with van der Waals surface area (Å²) in [7, 11) is 0. The van der Waals surface area contributed by atoms with Crippen LogP contribution in [0.2, 0.25) is 0 Å². The molecule has 3 heterocycles. The molecule has 0 bridgehead atoms. The van der Waals surface area contributed by atoms with E-state index >= 15 is 0 Å². The van der Waals surface area contributed by atoms with E-state index in [0.717, 1.165) is 18.8 Å². The third kappa shape index (κ3) is 3.23. The Labute approximate surface area is 120 Å². The van der Waals surface area contributed by atoms with Crippen molar-refractivity contribution in [3.8, 4) is 0 Å². The number of rotatable bonds is 3. The predicted molar refractivity (Wildman–Crippen MR) is 80.5 cm³/mol. The van der Waals surface area contributed by atoms with Crippen LogP contribution in [-0.2, 0) is 6.54 Å². The number of hydrogen-bond acceptors (Lipinski definition) is 3. The maximum atomic E-state index is 4.30. The number of pyridine rings is 2. The molecular formula is C17H21N3. The second kappa shape index (κ2) is 6.14. The van der Waals surface area contributed by atoms with E-state index in [1.54, 1.807) is 0 Å². The van der Waals surface area contributed by atoms with Crippen LogP contribution >= 0.6 is 0 Å². The SMILES string of the molecule is Cc1cc([C@@H]2CCCN(Cc3ccncc3)C2)ccn1. The van der Waals surface area contributed by atoms with Crippen LogP contribution in [0.1, 0.15) is 35.6 Å². The van der Waals surface area contributed by atoms with Gasteiger partial charge in [0.05, 0.1) is 0 Å². The number of likely N-dealkylation sites (tertiary alicyclic amines) is 1. The Hall–Kier alpha value is -1.74. The average Bonchev–Trinajstić information content (AvgIpc) is 2.49. The zero-order chi connectivity index (χ0) is 13.8. The molecule has 0 saturated carbocycles. The largest absolute Gasteiger partial charge is 0.298 e. The smallest absolute Gasteiger partial charge is 0.0375 e. The second-order valence-electron chi connectivity index (χ2n) is 5.66. The van der Waals surface area contributed by atoms with Crippen molar-refractivity contribution in [2.45, 2.75) is 32.2 Å². The summed E-state index contributed by atoms with van der Waals surface area (Å²) in [5, 5.41) is 0. The molecule has 0 unspecified atom stereocenters. The van der Waals surface area contributed by atoms with Crippen molar-refractivity contribution in [2.75, 3.05) is 13.1 Å². The van der Waals surface area contributed by atoms with Crippen LogP contribution in [0.4, 0.5) is 0 Å². The van der Waals surface area contributed by atoms with Gasteiger partial charge in [0.1, 0.15) is 0 Å². The first-order valence-electron chi connectivity index (χ1n) is 7.35. The van der Waals surface area contributed by atoms with Crippen LogP contribution in [0.3, 0.4) is 0 Å². The van der Waals surface area contributed by atoms with Gasteiger partial charge < -0.3 is 0 Å². The minimum absolute atomic E-state index is 0.646. The highest BCUT2D eigenvalue weighted by atomic mass is 15.1. The molecule has 1 fully saturated rings. The third-order valence-corrected chi connectivity index (χ3v) is 4.05. The fraction of sp³-hybridized carbons (Fsp3) is 0.412. The summed E-state index contributed by atoms with van der Waals surface area (Å²) in [4.78, 5) is 10.9. The van der Waals surface area contributed by atoms with Crippen molar-refractivity contribution in [1.82, 2.24) is 14.9 Å². The summed E-state index contributed by atoms with van der Waals surface area (Å²) in [6, 6.07) is 8.63. The third-order valence-electron chi connectivity index (χ3n) is 4.05. The van der Waals surface area contributed by atoms with Gasteiger partial charge in [-0.25, -0.2) is 0 Å². The lowest BCUT2D eigenvalue weighted by atomic mass is 9.90. The normalized spacial score (nSPS) is 19.9. The molecule has 20 heavy (non-hydrogen) atoms. The Bertz CT molecular complexity index is 553. The molecule has 0 aliphatic carbocycles. The molecule has 1 aliphatic heterocycles. The van der Waals surface area contributed by atoms with E-state index in [9.17, 15) is 0 Å². The zero-order valence-electron chi connectivity index (χ0n) is 12.0. The number of nitrogens with zero attached hydrogens (tertiary/aromatic N) is 3. The first-order chi connectivity index (χ1) is 9.81. The van der Waals surface area contributed by atoms with Crippen LogP contribution in [0.25, 0.3) is 0 Å². The quantitative estimate of drug-likeness (QED) is 0.855. The van der Waals surface area contributed by atoms with Crippen molar-refractivity contribution in [2.24, 2.45) is 0 Å². The minimum Gasteiger partial charge on any atom is -0.298 e. The van der Waals surface area contributed by atoms with Crippen molar-refractivity contribution >= 4 is 0 Å². The van der Waals surface area contributed by atoms with E-state index in [1.807, 2.05) is 18.6 Å². The number of hydrogen-bond donors (Lipinski definition) is 0. The molecule has 0 N–H and O–H groups in total. The Morgan fingerprint density at radius 3 is 2.85 bits per heavy atom. The standard InChI is InChI=1S/C17H21N3/c1-14-11-16(6-9-19-14)17-3-2-10-20(13-17)12-15-4-7-18-8-5-15/h4-9,11,17H,2-3,10,12-13H2,1H3/t17-/m1/s1. The van der Waals surface area contributed by atoms with E-state index in [1.165, 1.54) is 30.5 Å². The lowest BCUT2D eigenvalue weighted by Gasteiger charge is -2.33. The maximum absolute atomic E-state index is 4.30. The van der Waals surface area contributed by atoms with Gasteiger partial charge in [0.15, 0.2) is 0 Å². The van der Waals surface area contributed by atoms with Gasteiger partial charge in [0.2, 0.25) is 0 Å². The first kappa shape index (κ1) is 13.3. The van der Waals surface area contributed by atoms with Crippen LogP contribution in [0.15, 0.2) is 42.9 Å². The van der Waals surface area contributed by atoms with Gasteiger partial charge in [-0.1, -0.05) is 0 Å². The zero-order valence-corrected chi connectivity index (χ0v) is 12.0. The maximum Gasteiger partial charge on any atom is 0.0375 e. The summed E-state index contributed by atoms with van der Waals surface area (Å²) in [6.07, 6.45) is 8.26. The highest BCUT2D eigenvalue weighted by Crippen LogP contribution is 2.27. The van der Waals surface area contributed by atoms with Crippen LogP contribution in [0.5, 0.6) is 0 Å². The molecule has 0 amide bonds. The molecule has 3 nitrogen and oxygen atoms in total. The second-order valence-corrected chi connectivity index (χ2v) is 5.66. The molecule has 104 valence electrons. The van der Waals surface area contributed by atoms with Gasteiger partial charge >= 0.3 is 0 Å². The Morgan fingerprint density at radius 2 is 2.05 bits per heavy atom. The molecule has 3 heteroatoms. The van der Waals surface area contributed by atoms with Crippen LogP contribution in [-0.4, -0.2) is 28.0 Å². The van der Waals surface area contributed by atoms with Gasteiger partial charge in [-0.15, -0.1) is 0 Å². The van der Waals surface area contributed by atoms with Gasteiger partial charge in [0, 0.05) is 37.4 Å². The van der Waals surface area contributed by atoms with E-state index in [-0.39, 0.29) is 0 Å². The van der Waals surface area contributed by atoms with Gasteiger partial charge in [-0.05, 0) is 67.6 Å². The molecule has 0 spiro atoms. The number of aromatic nitrogens is 2. The van der Waals surface area contributed by atoms with Crippen LogP contribution in [0, 0.1) is 6.92 Å². The Morgan fingerprint density at radius 1 is 1.20 bits per heavy atom. The van der Waals surface area contributed by atoms with Crippen molar-refractivity contribution < 1.29 is 0 Å². The molecule has 2 aromatic heterocycles. The molecule has 2 aromatic rings. The van der Waals surface area contributed by atoms with Gasteiger partial charge in [-0.2, -0.15) is 0 Å². The molecule has 1 saturated heterocycles. The number of piperidine rings is 1. The highest BCUT2D eigenvalue weighted by molar-refractivity contribution is 5.21. The fourth-order valence-corrected chi connectivity index (χ4v) is 3.04. The van der Waals surface area contributed by atoms with Gasteiger partial charge in [-0.3, -0.25) is 14.9 Å². The lowest BCUT2D eigenvalue weighted by molar-refractivity contribution is 0.200. The predicted octanol–water partition coefficient (Wildman–Crippen LogP) is 3.16. The highest BCUT2D eigenvalue weighted by Gasteiger charge is 2.21. The Kier molecular flexibility index (Phi) is 4.07. The van der Waals surface area contributed by atoms with E-state index in [2.05, 4.69) is 46.1 Å². The monoisotopic (exact) mass is 267 g/mol. The summed E-state index contributed by atoms with van der Waals surface area (Å²) in [5.74, 6) is 0.646. The summed E-state index contributed by atoms with van der Waals surface area (Å²) < 4.78 is 0. The first-order valence-corrected chi connectivity index (χ1v) is 7.35. The molecule has 3 rings (SSSR count). The lowest BCUT2D eigenvalue weighted by Crippen LogP contribution is -2.33. The minimum atomic E-state index is 0.646.